The maximum atomic E-state index is 13.4. The number of anilines is 1. The zero-order chi connectivity index (χ0) is 26.3. The summed E-state index contributed by atoms with van der Waals surface area (Å²) in [4.78, 5) is 39.2. The lowest BCUT2D eigenvalue weighted by Gasteiger charge is -2.35. The van der Waals surface area contributed by atoms with Gasteiger partial charge in [0.1, 0.15) is 5.72 Å². The molecule has 1 saturated heterocycles. The molecule has 1 amide bonds. The first-order chi connectivity index (χ1) is 17.7. The highest BCUT2D eigenvalue weighted by Gasteiger charge is 2.42. The van der Waals surface area contributed by atoms with E-state index in [1.807, 2.05) is 19.9 Å². The molecular formula is C28H34N4O5. The molecular weight excluding hydrogens is 472 g/mol. The predicted molar refractivity (Wildman–Crippen MR) is 142 cm³/mol. The van der Waals surface area contributed by atoms with Crippen LogP contribution in [0.25, 0.3) is 10.9 Å². The number of hydrogen-bond acceptors (Lipinski definition) is 6. The summed E-state index contributed by atoms with van der Waals surface area (Å²) in [5.74, 6) is -0.298. The van der Waals surface area contributed by atoms with E-state index in [-0.39, 0.29) is 36.4 Å². The maximum Gasteiger partial charge on any atom is 0.331 e. The number of carbonyl (C=O) groups excluding carboxylic acids is 1. The van der Waals surface area contributed by atoms with Gasteiger partial charge in [-0.1, -0.05) is 18.2 Å². The molecule has 9 heteroatoms. The van der Waals surface area contributed by atoms with E-state index in [1.54, 1.807) is 54.0 Å². The van der Waals surface area contributed by atoms with Crippen LogP contribution in [0.1, 0.15) is 50.0 Å². The molecule has 2 aliphatic rings. The Morgan fingerprint density at radius 2 is 1.86 bits per heavy atom. The van der Waals surface area contributed by atoms with Gasteiger partial charge in [0.2, 0.25) is 0 Å². The monoisotopic (exact) mass is 506 g/mol. The molecule has 0 radical (unpaired) electrons. The summed E-state index contributed by atoms with van der Waals surface area (Å²) in [6.07, 6.45) is 2.06. The lowest BCUT2D eigenvalue weighted by Crippen LogP contribution is -2.53. The zero-order valence-electron chi connectivity index (χ0n) is 21.4. The summed E-state index contributed by atoms with van der Waals surface area (Å²) >= 11 is 0. The van der Waals surface area contributed by atoms with Crippen molar-refractivity contribution in [1.82, 2.24) is 14.5 Å². The number of aliphatic hydroxyl groups is 1. The number of amides is 1. The predicted octanol–water partition coefficient (Wildman–Crippen LogP) is 2.72. The van der Waals surface area contributed by atoms with Gasteiger partial charge < -0.3 is 20.5 Å². The van der Waals surface area contributed by atoms with Crippen LogP contribution in [-0.4, -0.2) is 45.1 Å². The number of carbonyl (C=O) groups is 1. The van der Waals surface area contributed by atoms with E-state index in [9.17, 15) is 19.5 Å². The highest BCUT2D eigenvalue weighted by Crippen LogP contribution is 2.31. The fraction of sp³-hybridized carbons (Fsp3) is 0.464. The average Bonchev–Trinajstić information content (AvgIpc) is 3.56. The summed E-state index contributed by atoms with van der Waals surface area (Å²) < 4.78 is 8.63. The normalized spacial score (nSPS) is 21.2. The summed E-state index contributed by atoms with van der Waals surface area (Å²) in [5, 5.41) is 18.0. The van der Waals surface area contributed by atoms with Gasteiger partial charge >= 0.3 is 5.69 Å². The van der Waals surface area contributed by atoms with Crippen LogP contribution in [0.4, 0.5) is 5.69 Å². The number of fused-ring (bicyclic) bond motifs is 1. The standard InChI is InChI=1S/C28H34N4O5/c1-17(2)32-24-12-11-20(13-21(24)26(34)31(27(32)35)14-18-9-10-18)30-28(3,36)22-15-37-16-23(22)29-25(33)19-7-5-4-6-8-19/h4-8,11-13,17-18,22-23,30,36H,9-10,14-16H2,1-3H3,(H,29,33)/t22-,23+,28?/m1/s1. The van der Waals surface area contributed by atoms with Crippen LogP contribution < -0.4 is 21.9 Å². The molecule has 37 heavy (non-hydrogen) atoms. The number of rotatable bonds is 8. The second kappa shape index (κ2) is 9.79. The highest BCUT2D eigenvalue weighted by atomic mass is 16.5. The van der Waals surface area contributed by atoms with Crippen molar-refractivity contribution in [3.63, 3.8) is 0 Å². The van der Waals surface area contributed by atoms with E-state index in [0.717, 1.165) is 12.8 Å². The zero-order valence-corrected chi connectivity index (χ0v) is 21.4. The van der Waals surface area contributed by atoms with Crippen LogP contribution in [0.3, 0.4) is 0 Å². The first-order valence-corrected chi connectivity index (χ1v) is 12.9. The van der Waals surface area contributed by atoms with E-state index in [0.29, 0.717) is 34.6 Å². The summed E-state index contributed by atoms with van der Waals surface area (Å²) in [7, 11) is 0. The average molecular weight is 507 g/mol. The number of benzene rings is 2. The van der Waals surface area contributed by atoms with Crippen molar-refractivity contribution in [2.45, 2.75) is 58.0 Å². The second-order valence-electron chi connectivity index (χ2n) is 10.7. The van der Waals surface area contributed by atoms with Gasteiger partial charge in [0, 0.05) is 23.8 Å². The van der Waals surface area contributed by atoms with E-state index in [1.165, 1.54) is 4.57 Å². The molecule has 0 bridgehead atoms. The third kappa shape index (κ3) is 5.06. The van der Waals surface area contributed by atoms with Gasteiger partial charge in [-0.2, -0.15) is 0 Å². The smallest absolute Gasteiger partial charge is 0.331 e. The Balaban J connectivity index is 1.43. The van der Waals surface area contributed by atoms with Gasteiger partial charge in [0.25, 0.3) is 11.5 Å². The maximum absolute atomic E-state index is 13.4. The largest absolute Gasteiger partial charge is 0.379 e. The van der Waals surface area contributed by atoms with Crippen molar-refractivity contribution >= 4 is 22.5 Å². The summed E-state index contributed by atoms with van der Waals surface area (Å²) in [6, 6.07) is 13.6. The van der Waals surface area contributed by atoms with Crippen molar-refractivity contribution < 1.29 is 14.6 Å². The van der Waals surface area contributed by atoms with E-state index in [4.69, 9.17) is 4.74 Å². The Morgan fingerprint density at radius 3 is 2.54 bits per heavy atom. The molecule has 1 unspecified atom stereocenters. The quantitative estimate of drug-likeness (QED) is 0.405. The highest BCUT2D eigenvalue weighted by molar-refractivity contribution is 5.94. The topological polar surface area (TPSA) is 115 Å². The molecule has 3 atom stereocenters. The van der Waals surface area contributed by atoms with Gasteiger partial charge in [0.15, 0.2) is 0 Å². The fourth-order valence-electron chi connectivity index (χ4n) is 5.16. The second-order valence-corrected chi connectivity index (χ2v) is 10.7. The van der Waals surface area contributed by atoms with Gasteiger partial charge in [-0.15, -0.1) is 0 Å². The lowest BCUT2D eigenvalue weighted by atomic mass is 9.91. The van der Waals surface area contributed by atoms with Crippen molar-refractivity contribution in [3.8, 4) is 0 Å². The Bertz CT molecular complexity index is 1420. The molecule has 2 fully saturated rings. The van der Waals surface area contributed by atoms with E-state index in [2.05, 4.69) is 10.6 Å². The third-order valence-electron chi connectivity index (χ3n) is 7.38. The lowest BCUT2D eigenvalue weighted by molar-refractivity contribution is 0.0140. The van der Waals surface area contributed by atoms with Crippen LogP contribution in [0, 0.1) is 11.8 Å². The van der Waals surface area contributed by atoms with Gasteiger partial charge in [-0.3, -0.25) is 18.7 Å². The molecule has 5 rings (SSSR count). The molecule has 2 aromatic carbocycles. The molecule has 3 aromatic rings. The minimum atomic E-state index is -1.45. The molecule has 196 valence electrons. The first kappa shape index (κ1) is 25.2. The summed E-state index contributed by atoms with van der Waals surface area (Å²) in [6.45, 7) is 6.46. The van der Waals surface area contributed by atoms with Crippen LogP contribution >= 0.6 is 0 Å². The molecule has 0 spiro atoms. The van der Waals surface area contributed by atoms with Crippen LogP contribution in [-0.2, 0) is 11.3 Å². The van der Waals surface area contributed by atoms with E-state index >= 15 is 0 Å². The first-order valence-electron chi connectivity index (χ1n) is 12.9. The van der Waals surface area contributed by atoms with Crippen molar-refractivity contribution in [2.24, 2.45) is 11.8 Å². The van der Waals surface area contributed by atoms with Crippen molar-refractivity contribution in [3.05, 3.63) is 74.9 Å². The Labute approximate surface area is 215 Å². The van der Waals surface area contributed by atoms with Gasteiger partial charge in [-0.25, -0.2) is 4.79 Å². The van der Waals surface area contributed by atoms with Crippen LogP contribution in [0.2, 0.25) is 0 Å². The van der Waals surface area contributed by atoms with Gasteiger partial charge in [0.05, 0.1) is 36.1 Å². The van der Waals surface area contributed by atoms with Crippen LogP contribution in [0.5, 0.6) is 0 Å². The van der Waals surface area contributed by atoms with E-state index < -0.39 is 17.7 Å². The Morgan fingerprint density at radius 1 is 1.14 bits per heavy atom. The molecule has 1 saturated carbocycles. The number of aromatic nitrogens is 2. The molecule has 3 N–H and O–H groups in total. The molecule has 2 heterocycles. The SMILES string of the molecule is CC(C)n1c(=O)n(CC2CC2)c(=O)c2cc(NC(C)(O)[C@@H]3COC[C@@H]3NC(=O)c3ccccc3)ccc21. The Hall–Kier alpha value is -3.43. The molecule has 9 nitrogen and oxygen atoms in total. The molecule has 1 aliphatic heterocycles. The van der Waals surface area contributed by atoms with Crippen molar-refractivity contribution in [1.29, 1.82) is 0 Å². The minimum absolute atomic E-state index is 0.118. The fourth-order valence-corrected chi connectivity index (χ4v) is 5.16. The Kier molecular flexibility index (Phi) is 6.68. The molecule has 1 aliphatic carbocycles. The summed E-state index contributed by atoms with van der Waals surface area (Å²) in [5.41, 5.74) is -0.398. The minimum Gasteiger partial charge on any atom is -0.379 e. The van der Waals surface area contributed by atoms with Crippen LogP contribution in [0.15, 0.2) is 58.1 Å². The molecule has 1 aromatic heterocycles. The van der Waals surface area contributed by atoms with Gasteiger partial charge in [-0.05, 0) is 69.9 Å². The number of ether oxygens (including phenoxy) is 1. The third-order valence-corrected chi connectivity index (χ3v) is 7.38. The number of nitrogens with one attached hydrogen (secondary N) is 2. The number of hydrogen-bond donors (Lipinski definition) is 3. The number of nitrogens with zero attached hydrogens (tertiary/aromatic N) is 2. The van der Waals surface area contributed by atoms with Crippen molar-refractivity contribution in [2.75, 3.05) is 18.5 Å².